The van der Waals surface area contributed by atoms with Crippen LogP contribution in [0.15, 0.2) is 0 Å². The lowest BCUT2D eigenvalue weighted by Crippen LogP contribution is -1.89. The highest BCUT2D eigenvalue weighted by atomic mass is 17.2. The number of hydrogen-bond acceptors (Lipinski definition) is 2. The Morgan fingerprint density at radius 3 is 1.83 bits per heavy atom. The molecule has 0 heterocycles. The molecule has 0 rings (SSSR count). The highest BCUT2D eigenvalue weighted by Crippen LogP contribution is 1.94. The molecule has 0 bridgehead atoms. The molecule has 2 nitrogen and oxygen atoms in total. The number of hydrogen-bond donors (Lipinski definition) is 0. The monoisotopic (exact) mass is 89.1 g/mol. The zero-order valence-electron chi connectivity index (χ0n) is 4.32. The van der Waals surface area contributed by atoms with Crippen molar-refractivity contribution >= 4 is 0 Å². The van der Waals surface area contributed by atoms with Gasteiger partial charge in [-0.15, -0.1) is 0 Å². The molecule has 6 heavy (non-hydrogen) atoms. The zero-order chi connectivity index (χ0) is 4.99. The quantitative estimate of drug-likeness (QED) is 0.373. The predicted molar refractivity (Wildman–Crippen MR) is 22.7 cm³/mol. The Balaban J connectivity index is 2.63. The summed E-state index contributed by atoms with van der Waals surface area (Å²) in [5.41, 5.74) is 0. The Hall–Kier alpha value is -0.0800. The summed E-state index contributed by atoms with van der Waals surface area (Å²) in [6.45, 7) is 3.65. The van der Waals surface area contributed by atoms with Crippen LogP contribution in [0, 0.1) is 6.10 Å². The molecule has 0 saturated heterocycles. The van der Waals surface area contributed by atoms with E-state index in [1.165, 1.54) is 7.11 Å². The molecule has 37 valence electrons. The van der Waals surface area contributed by atoms with Gasteiger partial charge in [0.25, 0.3) is 0 Å². The lowest BCUT2D eigenvalue weighted by atomic mass is 10.5. The molecule has 0 spiro atoms. The summed E-state index contributed by atoms with van der Waals surface area (Å²) in [4.78, 5) is 8.72. The van der Waals surface area contributed by atoms with Gasteiger partial charge in [-0.1, -0.05) is 0 Å². The van der Waals surface area contributed by atoms with Crippen LogP contribution in [-0.2, 0) is 9.78 Å². The summed E-state index contributed by atoms with van der Waals surface area (Å²) in [5.74, 6) is 0. The smallest absolute Gasteiger partial charge is 0.129 e. The largest absolute Gasteiger partial charge is 0.239 e. The Morgan fingerprint density at radius 2 is 1.83 bits per heavy atom. The summed E-state index contributed by atoms with van der Waals surface area (Å²) < 4.78 is 0. The van der Waals surface area contributed by atoms with Gasteiger partial charge in [-0.2, -0.15) is 0 Å². The lowest BCUT2D eigenvalue weighted by Gasteiger charge is -1.97. The molecule has 2 heteroatoms. The second kappa shape index (κ2) is 3.12. The van der Waals surface area contributed by atoms with Gasteiger partial charge in [-0.25, -0.2) is 9.78 Å². The fourth-order valence-corrected chi connectivity index (χ4v) is 0.167. The average Bonchev–Trinajstić information content (AvgIpc) is 1.35. The van der Waals surface area contributed by atoms with Crippen molar-refractivity contribution in [2.24, 2.45) is 0 Å². The summed E-state index contributed by atoms with van der Waals surface area (Å²) in [5, 5.41) is 0. The molecular weight excluding hydrogens is 80.0 g/mol. The molecule has 0 amide bonds. The van der Waals surface area contributed by atoms with E-state index in [0.717, 1.165) is 6.10 Å². The molecule has 0 unspecified atom stereocenters. The van der Waals surface area contributed by atoms with Crippen LogP contribution < -0.4 is 0 Å². The molecule has 0 saturated carbocycles. The van der Waals surface area contributed by atoms with E-state index in [1.54, 1.807) is 0 Å². The highest BCUT2D eigenvalue weighted by molar-refractivity contribution is 4.55. The fourth-order valence-electron chi connectivity index (χ4n) is 0.167. The van der Waals surface area contributed by atoms with Gasteiger partial charge in [0, 0.05) is 0 Å². The summed E-state index contributed by atoms with van der Waals surface area (Å²) in [6.07, 6.45) is 0.817. The van der Waals surface area contributed by atoms with Crippen LogP contribution in [0.4, 0.5) is 0 Å². The maximum absolute atomic E-state index is 4.46. The second-order valence-electron chi connectivity index (χ2n) is 1.16. The minimum absolute atomic E-state index is 0.817. The van der Waals surface area contributed by atoms with Crippen LogP contribution in [0.1, 0.15) is 13.8 Å². The topological polar surface area (TPSA) is 18.5 Å². The standard InChI is InChI=1S/C4H9O2/c1-4(2)6-5-3/h1-3H3. The number of rotatable bonds is 2. The van der Waals surface area contributed by atoms with E-state index in [-0.39, 0.29) is 0 Å². The first-order valence-corrected chi connectivity index (χ1v) is 1.78. The normalized spacial score (nSPS) is 10.0. The van der Waals surface area contributed by atoms with E-state index in [0.29, 0.717) is 0 Å². The molecule has 0 aliphatic heterocycles. The van der Waals surface area contributed by atoms with Crippen molar-refractivity contribution < 1.29 is 9.78 Å². The van der Waals surface area contributed by atoms with E-state index >= 15 is 0 Å². The molecule has 0 aromatic rings. The van der Waals surface area contributed by atoms with Crippen molar-refractivity contribution in [3.05, 3.63) is 6.10 Å². The van der Waals surface area contributed by atoms with E-state index in [4.69, 9.17) is 0 Å². The Bertz CT molecular complexity index is 26.7. The van der Waals surface area contributed by atoms with Crippen molar-refractivity contribution in [2.75, 3.05) is 7.11 Å². The van der Waals surface area contributed by atoms with Gasteiger partial charge in [-0.05, 0) is 13.8 Å². The van der Waals surface area contributed by atoms with E-state index in [9.17, 15) is 0 Å². The molecule has 0 aromatic heterocycles. The van der Waals surface area contributed by atoms with E-state index < -0.39 is 0 Å². The highest BCUT2D eigenvalue weighted by Gasteiger charge is 1.87. The van der Waals surface area contributed by atoms with Gasteiger partial charge < -0.3 is 0 Å². The molecule has 1 radical (unpaired) electrons. The Labute approximate surface area is 38.0 Å². The van der Waals surface area contributed by atoms with Gasteiger partial charge in [0.05, 0.1) is 7.11 Å². The second-order valence-corrected chi connectivity index (χ2v) is 1.16. The minimum atomic E-state index is 0.817. The van der Waals surface area contributed by atoms with E-state index in [1.807, 2.05) is 13.8 Å². The van der Waals surface area contributed by atoms with Gasteiger partial charge in [-0.3, -0.25) is 0 Å². The SMILES string of the molecule is COO[C](C)C. The van der Waals surface area contributed by atoms with Crippen LogP contribution in [0.5, 0.6) is 0 Å². The van der Waals surface area contributed by atoms with Crippen molar-refractivity contribution in [3.63, 3.8) is 0 Å². The summed E-state index contributed by atoms with van der Waals surface area (Å²) in [6, 6.07) is 0. The molecule has 0 aromatic carbocycles. The first-order valence-electron chi connectivity index (χ1n) is 1.78. The third-order valence-corrected chi connectivity index (χ3v) is 0.250. The molecular formula is C4H9O2. The third kappa shape index (κ3) is 3.92. The molecule has 0 aliphatic carbocycles. The molecule has 0 aliphatic rings. The molecule has 0 fully saturated rings. The van der Waals surface area contributed by atoms with Crippen LogP contribution in [0.3, 0.4) is 0 Å². The zero-order valence-corrected chi connectivity index (χ0v) is 4.32. The summed E-state index contributed by atoms with van der Waals surface area (Å²) >= 11 is 0. The van der Waals surface area contributed by atoms with Gasteiger partial charge in [0.15, 0.2) is 0 Å². The minimum Gasteiger partial charge on any atom is -0.239 e. The Kier molecular flexibility index (Phi) is 3.08. The predicted octanol–water partition coefficient (Wildman–Crippen LogP) is 1.14. The fraction of sp³-hybridized carbons (Fsp3) is 0.750. The maximum Gasteiger partial charge on any atom is 0.129 e. The van der Waals surface area contributed by atoms with Gasteiger partial charge >= 0.3 is 0 Å². The van der Waals surface area contributed by atoms with Crippen LogP contribution in [0.25, 0.3) is 0 Å². The summed E-state index contributed by atoms with van der Waals surface area (Å²) in [7, 11) is 1.48. The average molecular weight is 89.1 g/mol. The van der Waals surface area contributed by atoms with Crippen molar-refractivity contribution in [2.45, 2.75) is 13.8 Å². The molecule has 0 atom stereocenters. The Morgan fingerprint density at radius 1 is 1.33 bits per heavy atom. The van der Waals surface area contributed by atoms with Gasteiger partial charge in [0.1, 0.15) is 6.10 Å². The maximum atomic E-state index is 4.46. The van der Waals surface area contributed by atoms with Crippen molar-refractivity contribution in [1.82, 2.24) is 0 Å². The molecule has 0 N–H and O–H groups in total. The first-order chi connectivity index (χ1) is 2.77. The van der Waals surface area contributed by atoms with Crippen molar-refractivity contribution in [1.29, 1.82) is 0 Å². The van der Waals surface area contributed by atoms with Crippen molar-refractivity contribution in [3.8, 4) is 0 Å². The van der Waals surface area contributed by atoms with Crippen LogP contribution in [-0.4, -0.2) is 7.11 Å². The third-order valence-electron chi connectivity index (χ3n) is 0.250. The van der Waals surface area contributed by atoms with E-state index in [2.05, 4.69) is 9.78 Å². The van der Waals surface area contributed by atoms with Crippen LogP contribution in [0.2, 0.25) is 0 Å². The lowest BCUT2D eigenvalue weighted by molar-refractivity contribution is -0.260. The van der Waals surface area contributed by atoms with Crippen LogP contribution >= 0.6 is 0 Å². The van der Waals surface area contributed by atoms with Gasteiger partial charge in [0.2, 0.25) is 0 Å². The first kappa shape index (κ1) is 5.92.